The predicted octanol–water partition coefficient (Wildman–Crippen LogP) is 0.937. The molecule has 2 rings (SSSR count). The Hall–Kier alpha value is -0.450. The first-order valence-electron chi connectivity index (χ1n) is 4.64. The highest BCUT2D eigenvalue weighted by molar-refractivity contribution is 7.07. The lowest BCUT2D eigenvalue weighted by atomic mass is 10.2. The second-order valence-corrected chi connectivity index (χ2v) is 4.26. The molecule has 72 valence electrons. The van der Waals surface area contributed by atoms with Crippen LogP contribution in [0.15, 0.2) is 10.9 Å². The Morgan fingerprint density at radius 3 is 3.31 bits per heavy atom. The molecule has 0 aliphatic carbocycles. The number of rotatable bonds is 3. The minimum absolute atomic E-state index is 0.696. The first-order chi connectivity index (χ1) is 6.36. The standard InChI is InChI=1S/C9H15N3S/c1-12(9-2-3-10-4-9)5-8-6-13-7-11-8/h6-7,9-10H,2-5H2,1H3. The highest BCUT2D eigenvalue weighted by atomic mass is 32.1. The highest BCUT2D eigenvalue weighted by Gasteiger charge is 2.19. The molecule has 0 radical (unpaired) electrons. The highest BCUT2D eigenvalue weighted by Crippen LogP contribution is 2.10. The monoisotopic (exact) mass is 197 g/mol. The fraction of sp³-hybridized carbons (Fsp3) is 0.667. The first kappa shape index (κ1) is 9.12. The molecule has 1 atom stereocenters. The van der Waals surface area contributed by atoms with Crippen molar-refractivity contribution in [3.63, 3.8) is 0 Å². The molecule has 0 saturated carbocycles. The molecule has 3 nitrogen and oxygen atoms in total. The molecule has 1 fully saturated rings. The van der Waals surface area contributed by atoms with E-state index in [1.807, 2.05) is 5.51 Å². The Morgan fingerprint density at radius 1 is 1.77 bits per heavy atom. The van der Waals surface area contributed by atoms with Crippen LogP contribution in [-0.2, 0) is 6.54 Å². The molecule has 13 heavy (non-hydrogen) atoms. The lowest BCUT2D eigenvalue weighted by Crippen LogP contribution is -2.32. The van der Waals surface area contributed by atoms with E-state index in [4.69, 9.17) is 0 Å². The fourth-order valence-electron chi connectivity index (χ4n) is 1.72. The molecule has 1 aromatic heterocycles. The summed E-state index contributed by atoms with van der Waals surface area (Å²) in [6.45, 7) is 3.27. The number of nitrogens with zero attached hydrogens (tertiary/aromatic N) is 2. The number of likely N-dealkylation sites (N-methyl/N-ethyl adjacent to an activating group) is 1. The van der Waals surface area contributed by atoms with Gasteiger partial charge in [0.05, 0.1) is 11.2 Å². The van der Waals surface area contributed by atoms with E-state index < -0.39 is 0 Å². The quantitative estimate of drug-likeness (QED) is 0.781. The third-order valence-electron chi connectivity index (χ3n) is 2.55. The fourth-order valence-corrected chi connectivity index (χ4v) is 2.27. The molecule has 1 saturated heterocycles. The predicted molar refractivity (Wildman–Crippen MR) is 54.9 cm³/mol. The second kappa shape index (κ2) is 4.17. The second-order valence-electron chi connectivity index (χ2n) is 3.54. The molecule has 1 aromatic rings. The van der Waals surface area contributed by atoms with Crippen LogP contribution in [0.4, 0.5) is 0 Å². The maximum absolute atomic E-state index is 4.28. The topological polar surface area (TPSA) is 28.2 Å². The Kier molecular flexibility index (Phi) is 2.93. The first-order valence-corrected chi connectivity index (χ1v) is 5.58. The van der Waals surface area contributed by atoms with Gasteiger partial charge in [-0.3, -0.25) is 4.90 Å². The molecule has 0 bridgehead atoms. The summed E-state index contributed by atoms with van der Waals surface area (Å²) in [6.07, 6.45) is 1.26. The molecule has 0 aromatic carbocycles. The van der Waals surface area contributed by atoms with Crippen molar-refractivity contribution in [1.82, 2.24) is 15.2 Å². The number of thiazole rings is 1. The molecule has 1 unspecified atom stereocenters. The summed E-state index contributed by atoms with van der Waals surface area (Å²) >= 11 is 1.67. The van der Waals surface area contributed by atoms with Gasteiger partial charge in [-0.05, 0) is 20.0 Å². The normalized spacial score (nSPS) is 22.8. The zero-order chi connectivity index (χ0) is 9.10. The minimum Gasteiger partial charge on any atom is -0.315 e. The van der Waals surface area contributed by atoms with Gasteiger partial charge in [0, 0.05) is 24.5 Å². The van der Waals surface area contributed by atoms with Gasteiger partial charge in [-0.25, -0.2) is 4.98 Å². The van der Waals surface area contributed by atoms with E-state index >= 15 is 0 Å². The number of hydrogen-bond donors (Lipinski definition) is 1. The minimum atomic E-state index is 0.696. The van der Waals surface area contributed by atoms with Gasteiger partial charge in [0.1, 0.15) is 0 Å². The van der Waals surface area contributed by atoms with Gasteiger partial charge in [-0.2, -0.15) is 0 Å². The Labute approximate surface area is 82.8 Å². The molecule has 0 spiro atoms. The average molecular weight is 197 g/mol. The summed E-state index contributed by atoms with van der Waals surface area (Å²) in [4.78, 5) is 6.67. The molecule has 4 heteroatoms. The van der Waals surface area contributed by atoms with Gasteiger partial charge in [0.15, 0.2) is 0 Å². The van der Waals surface area contributed by atoms with E-state index in [2.05, 4.69) is 27.6 Å². The van der Waals surface area contributed by atoms with Crippen molar-refractivity contribution in [3.8, 4) is 0 Å². The van der Waals surface area contributed by atoms with Gasteiger partial charge in [-0.1, -0.05) is 0 Å². The number of nitrogens with one attached hydrogen (secondary N) is 1. The van der Waals surface area contributed by atoms with Crippen LogP contribution in [0.3, 0.4) is 0 Å². The lowest BCUT2D eigenvalue weighted by molar-refractivity contribution is 0.246. The summed E-state index contributed by atoms with van der Waals surface area (Å²) in [6, 6.07) is 0.696. The maximum atomic E-state index is 4.28. The van der Waals surface area contributed by atoms with Crippen molar-refractivity contribution in [1.29, 1.82) is 0 Å². The van der Waals surface area contributed by atoms with E-state index in [0.29, 0.717) is 6.04 Å². The zero-order valence-electron chi connectivity index (χ0n) is 7.86. The number of hydrogen-bond acceptors (Lipinski definition) is 4. The van der Waals surface area contributed by atoms with Crippen LogP contribution < -0.4 is 5.32 Å². The van der Waals surface area contributed by atoms with Gasteiger partial charge in [0.2, 0.25) is 0 Å². The third kappa shape index (κ3) is 2.27. The summed E-state index contributed by atoms with van der Waals surface area (Å²) < 4.78 is 0. The van der Waals surface area contributed by atoms with Crippen LogP contribution in [0.25, 0.3) is 0 Å². The van der Waals surface area contributed by atoms with Crippen molar-refractivity contribution in [2.75, 3.05) is 20.1 Å². The van der Waals surface area contributed by atoms with Crippen LogP contribution in [0.5, 0.6) is 0 Å². The van der Waals surface area contributed by atoms with E-state index in [-0.39, 0.29) is 0 Å². The largest absolute Gasteiger partial charge is 0.315 e. The Bertz CT molecular complexity index is 241. The van der Waals surface area contributed by atoms with Gasteiger partial charge >= 0.3 is 0 Å². The van der Waals surface area contributed by atoms with Crippen LogP contribution in [0.2, 0.25) is 0 Å². The molecule has 0 amide bonds. The molecule has 1 aliphatic rings. The molecule has 1 aliphatic heterocycles. The molecule has 2 heterocycles. The van der Waals surface area contributed by atoms with Crippen molar-refractivity contribution >= 4 is 11.3 Å². The third-order valence-corrected chi connectivity index (χ3v) is 3.19. The van der Waals surface area contributed by atoms with Gasteiger partial charge in [0.25, 0.3) is 0 Å². The molecular weight excluding hydrogens is 182 g/mol. The van der Waals surface area contributed by atoms with E-state index in [9.17, 15) is 0 Å². The van der Waals surface area contributed by atoms with E-state index in [0.717, 1.165) is 19.6 Å². The number of aromatic nitrogens is 1. The van der Waals surface area contributed by atoms with Crippen LogP contribution in [0, 0.1) is 0 Å². The molecule has 1 N–H and O–H groups in total. The Balaban J connectivity index is 1.87. The Morgan fingerprint density at radius 2 is 2.69 bits per heavy atom. The smallest absolute Gasteiger partial charge is 0.0795 e. The SMILES string of the molecule is CN(Cc1cscn1)C1CCNC1. The van der Waals surface area contributed by atoms with E-state index in [1.54, 1.807) is 11.3 Å². The van der Waals surface area contributed by atoms with Crippen molar-refractivity contribution in [2.24, 2.45) is 0 Å². The summed E-state index contributed by atoms with van der Waals surface area (Å²) in [5.41, 5.74) is 3.09. The van der Waals surface area contributed by atoms with Crippen LogP contribution in [-0.4, -0.2) is 36.1 Å². The van der Waals surface area contributed by atoms with Crippen LogP contribution in [0.1, 0.15) is 12.1 Å². The van der Waals surface area contributed by atoms with Crippen molar-refractivity contribution < 1.29 is 0 Å². The van der Waals surface area contributed by atoms with Crippen molar-refractivity contribution in [3.05, 3.63) is 16.6 Å². The maximum Gasteiger partial charge on any atom is 0.0795 e. The summed E-state index contributed by atoms with van der Waals surface area (Å²) in [5.74, 6) is 0. The zero-order valence-corrected chi connectivity index (χ0v) is 8.68. The van der Waals surface area contributed by atoms with Crippen LogP contribution >= 0.6 is 11.3 Å². The summed E-state index contributed by atoms with van der Waals surface area (Å²) in [5, 5.41) is 5.50. The van der Waals surface area contributed by atoms with Gasteiger partial charge in [-0.15, -0.1) is 11.3 Å². The molecular formula is C9H15N3S. The van der Waals surface area contributed by atoms with Gasteiger partial charge < -0.3 is 5.32 Å². The average Bonchev–Trinajstić information content (AvgIpc) is 2.74. The lowest BCUT2D eigenvalue weighted by Gasteiger charge is -2.22. The summed E-state index contributed by atoms with van der Waals surface area (Å²) in [7, 11) is 2.18. The van der Waals surface area contributed by atoms with Crippen molar-refractivity contribution in [2.45, 2.75) is 19.0 Å². The van der Waals surface area contributed by atoms with E-state index in [1.165, 1.54) is 12.1 Å².